The Morgan fingerprint density at radius 1 is 1.35 bits per heavy atom. The minimum absolute atomic E-state index is 0.151. The number of unbranched alkanes of at least 4 members (excludes halogenated alkanes) is 1. The van der Waals surface area contributed by atoms with Crippen molar-refractivity contribution in [3.05, 3.63) is 33.6 Å². The summed E-state index contributed by atoms with van der Waals surface area (Å²) in [5.74, 6) is 0.0584. The summed E-state index contributed by atoms with van der Waals surface area (Å²) in [6.07, 6.45) is 2.00. The monoisotopic (exact) mass is 358 g/mol. The van der Waals surface area contributed by atoms with Gasteiger partial charge in [0.15, 0.2) is 0 Å². The second kappa shape index (κ2) is 6.85. The molecule has 2 rings (SSSR count). The van der Waals surface area contributed by atoms with E-state index in [2.05, 4.69) is 26.1 Å². The van der Waals surface area contributed by atoms with Gasteiger partial charge in [-0.2, -0.15) is 0 Å². The van der Waals surface area contributed by atoms with Gasteiger partial charge in [-0.25, -0.2) is 0 Å². The van der Waals surface area contributed by atoms with Crippen LogP contribution < -0.4 is 0 Å². The molecule has 0 saturated carbocycles. The topological polar surface area (TPSA) is 76.2 Å². The standard InChI is InChI=1S/C13H12BrClN2O3/c14-9-5-3-4-8(12(9)15)13-17-16-10(20-13)6-1-2-7-11(18)19/h3-5H,1-2,6-7H2,(H,18,19). The number of halogens is 2. The van der Waals surface area contributed by atoms with E-state index in [1.54, 1.807) is 6.07 Å². The maximum absolute atomic E-state index is 10.4. The number of carbonyl (C=O) groups is 1. The Kier molecular flexibility index (Phi) is 5.14. The summed E-state index contributed by atoms with van der Waals surface area (Å²) in [5, 5.41) is 17.0. The van der Waals surface area contributed by atoms with Crippen LogP contribution in [0.4, 0.5) is 0 Å². The molecule has 0 bridgehead atoms. The lowest BCUT2D eigenvalue weighted by Gasteiger charge is -2.00. The average molecular weight is 360 g/mol. The van der Waals surface area contributed by atoms with Crippen molar-refractivity contribution in [1.82, 2.24) is 10.2 Å². The summed E-state index contributed by atoms with van der Waals surface area (Å²) in [6, 6.07) is 5.46. The predicted molar refractivity (Wildman–Crippen MR) is 77.6 cm³/mol. The number of carboxylic acid groups (broad SMARTS) is 1. The van der Waals surface area contributed by atoms with Crippen LogP contribution in [0.3, 0.4) is 0 Å². The number of hydrogen-bond donors (Lipinski definition) is 1. The molecule has 0 atom stereocenters. The molecule has 0 spiro atoms. The van der Waals surface area contributed by atoms with Crippen LogP contribution in [0.25, 0.3) is 11.5 Å². The molecule has 0 amide bonds. The van der Waals surface area contributed by atoms with E-state index < -0.39 is 5.97 Å². The van der Waals surface area contributed by atoms with Gasteiger partial charge in [-0.15, -0.1) is 10.2 Å². The second-order valence-corrected chi connectivity index (χ2v) is 5.44. The van der Waals surface area contributed by atoms with Crippen molar-refractivity contribution >= 4 is 33.5 Å². The summed E-state index contributed by atoms with van der Waals surface area (Å²) in [6.45, 7) is 0. The zero-order valence-corrected chi connectivity index (χ0v) is 12.8. The number of aromatic nitrogens is 2. The fourth-order valence-electron chi connectivity index (χ4n) is 1.68. The highest BCUT2D eigenvalue weighted by molar-refractivity contribution is 9.10. The quantitative estimate of drug-likeness (QED) is 0.790. The molecule has 0 aliphatic carbocycles. The lowest BCUT2D eigenvalue weighted by molar-refractivity contribution is -0.137. The van der Waals surface area contributed by atoms with Gasteiger partial charge in [0.1, 0.15) is 0 Å². The molecule has 20 heavy (non-hydrogen) atoms. The van der Waals surface area contributed by atoms with Gasteiger partial charge < -0.3 is 9.52 Å². The minimum atomic E-state index is -0.794. The normalized spacial score (nSPS) is 10.7. The predicted octanol–water partition coefficient (Wildman–Crippen LogP) is 3.95. The third-order valence-electron chi connectivity index (χ3n) is 2.68. The van der Waals surface area contributed by atoms with E-state index in [0.717, 1.165) is 4.47 Å². The van der Waals surface area contributed by atoms with E-state index in [9.17, 15) is 4.79 Å². The SMILES string of the molecule is O=C(O)CCCCc1nnc(-c2cccc(Br)c2Cl)o1. The Balaban J connectivity index is 2.02. The Labute approximate surface area is 129 Å². The molecule has 7 heteroatoms. The van der Waals surface area contributed by atoms with Gasteiger partial charge >= 0.3 is 5.97 Å². The van der Waals surface area contributed by atoms with Crippen molar-refractivity contribution < 1.29 is 14.3 Å². The number of hydrogen-bond acceptors (Lipinski definition) is 4. The molecular weight excluding hydrogens is 348 g/mol. The molecule has 1 aromatic heterocycles. The first-order valence-electron chi connectivity index (χ1n) is 6.06. The van der Waals surface area contributed by atoms with Crippen molar-refractivity contribution in [3.63, 3.8) is 0 Å². The van der Waals surface area contributed by atoms with E-state index in [1.807, 2.05) is 12.1 Å². The van der Waals surface area contributed by atoms with E-state index in [1.165, 1.54) is 0 Å². The molecule has 0 unspecified atom stereocenters. The number of benzene rings is 1. The third-order valence-corrected chi connectivity index (χ3v) is 3.98. The van der Waals surface area contributed by atoms with Crippen LogP contribution in [0.2, 0.25) is 5.02 Å². The number of rotatable bonds is 6. The Bertz CT molecular complexity index is 615. The molecule has 1 heterocycles. The summed E-state index contributed by atoms with van der Waals surface area (Å²) < 4.78 is 6.30. The van der Waals surface area contributed by atoms with E-state index in [4.69, 9.17) is 21.1 Å². The summed E-state index contributed by atoms with van der Waals surface area (Å²) in [5.41, 5.74) is 0.672. The van der Waals surface area contributed by atoms with Gasteiger partial charge in [0, 0.05) is 17.3 Å². The zero-order chi connectivity index (χ0) is 14.5. The lowest BCUT2D eigenvalue weighted by Crippen LogP contribution is -1.95. The molecule has 2 aromatic rings. The summed E-state index contributed by atoms with van der Waals surface area (Å²) in [7, 11) is 0. The van der Waals surface area contributed by atoms with Crippen LogP contribution in [0.5, 0.6) is 0 Å². The number of nitrogens with zero attached hydrogens (tertiary/aromatic N) is 2. The number of aliphatic carboxylic acids is 1. The molecule has 1 N–H and O–H groups in total. The molecule has 106 valence electrons. The van der Waals surface area contributed by atoms with Crippen molar-refractivity contribution in [2.75, 3.05) is 0 Å². The van der Waals surface area contributed by atoms with Crippen LogP contribution >= 0.6 is 27.5 Å². The number of carboxylic acids is 1. The minimum Gasteiger partial charge on any atom is -0.481 e. The van der Waals surface area contributed by atoms with Crippen molar-refractivity contribution in [1.29, 1.82) is 0 Å². The van der Waals surface area contributed by atoms with Gasteiger partial charge in [-0.3, -0.25) is 4.79 Å². The summed E-state index contributed by atoms with van der Waals surface area (Å²) in [4.78, 5) is 10.4. The molecule has 5 nitrogen and oxygen atoms in total. The fraction of sp³-hybridized carbons (Fsp3) is 0.308. The van der Waals surface area contributed by atoms with Gasteiger partial charge in [0.25, 0.3) is 0 Å². The van der Waals surface area contributed by atoms with Crippen molar-refractivity contribution in [2.45, 2.75) is 25.7 Å². The van der Waals surface area contributed by atoms with Crippen molar-refractivity contribution in [3.8, 4) is 11.5 Å². The molecule has 1 aromatic carbocycles. The van der Waals surface area contributed by atoms with Gasteiger partial charge in [-0.1, -0.05) is 17.7 Å². The Morgan fingerprint density at radius 3 is 2.90 bits per heavy atom. The maximum Gasteiger partial charge on any atom is 0.303 e. The largest absolute Gasteiger partial charge is 0.481 e. The van der Waals surface area contributed by atoms with E-state index >= 15 is 0 Å². The first-order chi connectivity index (χ1) is 9.58. The molecule has 0 fully saturated rings. The van der Waals surface area contributed by atoms with Gasteiger partial charge in [0.2, 0.25) is 11.8 Å². The molecule has 0 aliphatic rings. The average Bonchev–Trinajstić information content (AvgIpc) is 2.86. The highest BCUT2D eigenvalue weighted by Gasteiger charge is 2.13. The van der Waals surface area contributed by atoms with Gasteiger partial charge in [0.05, 0.1) is 10.6 Å². The van der Waals surface area contributed by atoms with Crippen molar-refractivity contribution in [2.24, 2.45) is 0 Å². The highest BCUT2D eigenvalue weighted by atomic mass is 79.9. The zero-order valence-electron chi connectivity index (χ0n) is 10.5. The first-order valence-corrected chi connectivity index (χ1v) is 7.23. The van der Waals surface area contributed by atoms with Crippen LogP contribution in [0.1, 0.15) is 25.2 Å². The lowest BCUT2D eigenvalue weighted by atomic mass is 10.2. The molecular formula is C13H12BrClN2O3. The molecule has 0 saturated heterocycles. The van der Waals surface area contributed by atoms with Crippen LogP contribution in [0.15, 0.2) is 27.1 Å². The van der Waals surface area contributed by atoms with Gasteiger partial charge in [-0.05, 0) is 40.9 Å². The van der Waals surface area contributed by atoms with E-state index in [-0.39, 0.29) is 6.42 Å². The fourth-order valence-corrected chi connectivity index (χ4v) is 2.26. The van der Waals surface area contributed by atoms with Crippen LogP contribution in [0, 0.1) is 0 Å². The second-order valence-electron chi connectivity index (χ2n) is 4.20. The maximum atomic E-state index is 10.4. The van der Waals surface area contributed by atoms with Crippen LogP contribution in [-0.4, -0.2) is 21.3 Å². The third kappa shape index (κ3) is 3.80. The van der Waals surface area contributed by atoms with E-state index in [0.29, 0.717) is 41.6 Å². The Morgan fingerprint density at radius 2 is 2.15 bits per heavy atom. The molecule has 0 aliphatic heterocycles. The molecule has 0 radical (unpaired) electrons. The smallest absolute Gasteiger partial charge is 0.303 e. The summed E-state index contributed by atoms with van der Waals surface area (Å²) >= 11 is 9.50. The first kappa shape index (κ1) is 15.0. The Hall–Kier alpha value is -1.40. The van der Waals surface area contributed by atoms with Crippen LogP contribution in [-0.2, 0) is 11.2 Å². The number of aryl methyl sites for hydroxylation is 1. The highest BCUT2D eigenvalue weighted by Crippen LogP contribution is 2.32.